The largest absolute Gasteiger partial charge is 0.465 e. The number of ether oxygens (including phenoxy) is 1. The van der Waals surface area contributed by atoms with Gasteiger partial charge in [0, 0.05) is 33.8 Å². The molecular formula is C43H39NO2S. The van der Waals surface area contributed by atoms with Gasteiger partial charge in [-0.25, -0.2) is 4.79 Å². The number of hydrogen-bond donors (Lipinski definition) is 0. The van der Waals surface area contributed by atoms with Crippen molar-refractivity contribution in [2.24, 2.45) is 23.7 Å². The summed E-state index contributed by atoms with van der Waals surface area (Å²) in [6, 6.07) is 36.2. The highest BCUT2D eigenvalue weighted by atomic mass is 32.2. The second-order valence-electron chi connectivity index (χ2n) is 13.4. The topological polar surface area (TPSA) is 29.5 Å². The first kappa shape index (κ1) is 29.8. The van der Waals surface area contributed by atoms with E-state index in [-0.39, 0.29) is 5.97 Å². The van der Waals surface area contributed by atoms with E-state index in [0.29, 0.717) is 23.3 Å². The number of methoxy groups -OCH3 is 1. The highest BCUT2D eigenvalue weighted by molar-refractivity contribution is 8.03. The van der Waals surface area contributed by atoms with Gasteiger partial charge in [-0.05, 0) is 119 Å². The molecule has 4 atom stereocenters. The lowest BCUT2D eigenvalue weighted by atomic mass is 9.73. The lowest BCUT2D eigenvalue weighted by molar-refractivity contribution is 0.0600. The van der Waals surface area contributed by atoms with Crippen molar-refractivity contribution in [1.29, 1.82) is 0 Å². The van der Waals surface area contributed by atoms with Gasteiger partial charge in [-0.2, -0.15) is 0 Å². The van der Waals surface area contributed by atoms with Crippen LogP contribution < -0.4 is 4.90 Å². The predicted molar refractivity (Wildman–Crippen MR) is 195 cm³/mol. The third kappa shape index (κ3) is 5.59. The predicted octanol–water partition coefficient (Wildman–Crippen LogP) is 10.3. The summed E-state index contributed by atoms with van der Waals surface area (Å²) in [6.07, 6.45) is 10.9. The fraction of sp³-hybridized carbons (Fsp3) is 0.233. The van der Waals surface area contributed by atoms with E-state index in [2.05, 4.69) is 128 Å². The zero-order valence-corrected chi connectivity index (χ0v) is 28.0. The Labute approximate surface area is 282 Å². The van der Waals surface area contributed by atoms with Crippen LogP contribution in [0.4, 0.5) is 5.69 Å². The van der Waals surface area contributed by atoms with Gasteiger partial charge >= 0.3 is 5.97 Å². The normalized spacial score (nSPS) is 24.0. The van der Waals surface area contributed by atoms with Crippen LogP contribution in [0.15, 0.2) is 137 Å². The highest BCUT2D eigenvalue weighted by Crippen LogP contribution is 2.61. The number of anilines is 1. The Morgan fingerprint density at radius 2 is 1.57 bits per heavy atom. The standard InChI is InChI=1S/C43H39NO2S/c1-27-21-33-24-37(33)42-36(27)23-31-13-7-10-16-40(31)47-41(42)26-32(28-17-19-30(20-18-28)43(45)46-3)22-34-25-39(29-11-5-4-6-12-29)44(2)38-15-9-8-14-35(34)38/h4-20,22,25-27,33,36-37H,21,23-24H2,1-3H3/b32-26-,34-22+/t27-,33?,36?,37?/m0/s1. The summed E-state index contributed by atoms with van der Waals surface area (Å²) in [5.74, 6) is 2.42. The second-order valence-corrected chi connectivity index (χ2v) is 14.5. The molecule has 4 aromatic carbocycles. The van der Waals surface area contributed by atoms with E-state index < -0.39 is 0 Å². The molecule has 47 heavy (non-hydrogen) atoms. The SMILES string of the molecule is COC(=O)c1ccc(C(=C\C2=C3C4CC4C[C@H](C)C3Cc3ccccc3S2)/C=C2\C=C(c3ccccc3)N(C)c3ccccc32)cc1. The first-order valence-corrected chi connectivity index (χ1v) is 17.5. The third-order valence-electron chi connectivity index (χ3n) is 10.5. The molecule has 0 aromatic heterocycles. The summed E-state index contributed by atoms with van der Waals surface area (Å²) in [5, 5.41) is 0. The van der Waals surface area contributed by atoms with Crippen LogP contribution in [-0.4, -0.2) is 20.1 Å². The number of nitrogens with zero attached hydrogens (tertiary/aromatic N) is 1. The molecule has 0 bridgehead atoms. The molecule has 4 heteroatoms. The number of para-hydroxylation sites is 1. The van der Waals surface area contributed by atoms with Gasteiger partial charge in [0.15, 0.2) is 0 Å². The van der Waals surface area contributed by atoms with Crippen LogP contribution in [0.3, 0.4) is 0 Å². The number of fused-ring (bicyclic) bond motifs is 5. The molecule has 2 aliphatic heterocycles. The van der Waals surface area contributed by atoms with Gasteiger partial charge in [-0.3, -0.25) is 0 Å². The molecular weight excluding hydrogens is 595 g/mol. The van der Waals surface area contributed by atoms with Crippen molar-refractivity contribution in [3.63, 3.8) is 0 Å². The van der Waals surface area contributed by atoms with Gasteiger partial charge in [-0.1, -0.05) is 97.5 Å². The molecule has 0 radical (unpaired) electrons. The second kappa shape index (κ2) is 12.2. The van der Waals surface area contributed by atoms with Crippen LogP contribution in [0.5, 0.6) is 0 Å². The van der Waals surface area contributed by atoms with Gasteiger partial charge in [0.1, 0.15) is 0 Å². The van der Waals surface area contributed by atoms with E-state index in [1.807, 2.05) is 23.9 Å². The van der Waals surface area contributed by atoms with E-state index in [9.17, 15) is 4.79 Å². The zero-order valence-electron chi connectivity index (χ0n) is 27.1. The fourth-order valence-corrected chi connectivity index (χ4v) is 9.26. The van der Waals surface area contributed by atoms with E-state index in [0.717, 1.165) is 29.2 Å². The minimum absolute atomic E-state index is 0.320. The Balaban J connectivity index is 1.34. The van der Waals surface area contributed by atoms with Crippen LogP contribution in [0, 0.1) is 23.7 Å². The summed E-state index contributed by atoms with van der Waals surface area (Å²) in [6.45, 7) is 2.47. The number of rotatable bonds is 5. The van der Waals surface area contributed by atoms with Gasteiger partial charge in [0.25, 0.3) is 0 Å². The summed E-state index contributed by atoms with van der Waals surface area (Å²) in [7, 11) is 3.58. The monoisotopic (exact) mass is 633 g/mol. The van der Waals surface area contributed by atoms with Crippen molar-refractivity contribution in [2.45, 2.75) is 31.1 Å². The minimum Gasteiger partial charge on any atom is -0.465 e. The van der Waals surface area contributed by atoms with Crippen LogP contribution in [0.25, 0.3) is 16.8 Å². The average molecular weight is 634 g/mol. The Hall–Kier alpha value is -4.54. The van der Waals surface area contributed by atoms with Crippen molar-refractivity contribution in [1.82, 2.24) is 0 Å². The van der Waals surface area contributed by atoms with Crippen molar-refractivity contribution in [3.8, 4) is 0 Å². The molecule has 2 saturated carbocycles. The van der Waals surface area contributed by atoms with Crippen molar-refractivity contribution < 1.29 is 9.53 Å². The average Bonchev–Trinajstić information content (AvgIpc) is 3.90. The number of thioether (sulfide) groups is 1. The van der Waals surface area contributed by atoms with Crippen LogP contribution in [-0.2, 0) is 11.2 Å². The summed E-state index contributed by atoms with van der Waals surface area (Å²) < 4.78 is 5.03. The maximum Gasteiger partial charge on any atom is 0.337 e. The Morgan fingerprint density at radius 1 is 0.851 bits per heavy atom. The van der Waals surface area contributed by atoms with Crippen LogP contribution >= 0.6 is 11.8 Å². The lowest BCUT2D eigenvalue weighted by Crippen LogP contribution is -2.23. The first-order valence-electron chi connectivity index (χ1n) is 16.7. The van der Waals surface area contributed by atoms with Crippen molar-refractivity contribution >= 4 is 40.3 Å². The van der Waals surface area contributed by atoms with E-state index in [1.165, 1.54) is 57.7 Å². The Kier molecular flexibility index (Phi) is 7.77. The molecule has 3 nitrogen and oxygen atoms in total. The molecule has 0 N–H and O–H groups in total. The first-order chi connectivity index (χ1) is 23.0. The number of carbonyl (C=O) groups excluding carboxylic acids is 1. The molecule has 2 fully saturated rings. The summed E-state index contributed by atoms with van der Waals surface area (Å²) >= 11 is 1.95. The highest BCUT2D eigenvalue weighted by Gasteiger charge is 2.50. The number of allylic oxidation sites excluding steroid dienone is 6. The van der Waals surface area contributed by atoms with E-state index in [1.54, 1.807) is 5.57 Å². The fourth-order valence-electron chi connectivity index (χ4n) is 7.99. The smallest absolute Gasteiger partial charge is 0.337 e. The Morgan fingerprint density at radius 3 is 2.38 bits per heavy atom. The summed E-state index contributed by atoms with van der Waals surface area (Å²) in [4.78, 5) is 17.4. The van der Waals surface area contributed by atoms with Crippen molar-refractivity contribution in [3.05, 3.63) is 160 Å². The molecule has 0 spiro atoms. The molecule has 234 valence electrons. The van der Waals surface area contributed by atoms with E-state index >= 15 is 0 Å². The maximum atomic E-state index is 12.4. The molecule has 4 aromatic rings. The molecule has 4 aliphatic rings. The Bertz CT molecular complexity index is 1980. The number of benzene rings is 4. The van der Waals surface area contributed by atoms with Gasteiger partial charge in [0.2, 0.25) is 0 Å². The van der Waals surface area contributed by atoms with Crippen LogP contribution in [0.2, 0.25) is 0 Å². The number of carbonyl (C=O) groups is 1. The zero-order chi connectivity index (χ0) is 32.1. The minimum atomic E-state index is -0.320. The quantitative estimate of drug-likeness (QED) is 0.205. The molecule has 8 rings (SSSR count). The summed E-state index contributed by atoms with van der Waals surface area (Å²) in [5.41, 5.74) is 11.8. The van der Waals surface area contributed by atoms with Gasteiger partial charge in [0.05, 0.1) is 12.7 Å². The molecule has 2 heterocycles. The van der Waals surface area contributed by atoms with Gasteiger partial charge < -0.3 is 9.64 Å². The molecule has 0 saturated heterocycles. The molecule has 0 amide bonds. The number of esters is 1. The third-order valence-corrected chi connectivity index (χ3v) is 11.7. The van der Waals surface area contributed by atoms with Crippen molar-refractivity contribution in [2.75, 3.05) is 19.1 Å². The lowest BCUT2D eigenvalue weighted by Gasteiger charge is -2.32. The molecule has 3 unspecified atom stereocenters. The maximum absolute atomic E-state index is 12.4. The van der Waals surface area contributed by atoms with Crippen LogP contribution in [0.1, 0.15) is 52.4 Å². The van der Waals surface area contributed by atoms with E-state index in [4.69, 9.17) is 4.74 Å². The molecule has 2 aliphatic carbocycles. The van der Waals surface area contributed by atoms with Gasteiger partial charge in [-0.15, -0.1) is 0 Å². The number of hydrogen-bond acceptors (Lipinski definition) is 4.